The molecule has 0 rings (SSSR count). The second-order valence-corrected chi connectivity index (χ2v) is 5.25. The van der Waals surface area contributed by atoms with Crippen LogP contribution >= 0.6 is 12.6 Å². The highest BCUT2D eigenvalue weighted by atomic mass is 32.1. The van der Waals surface area contributed by atoms with E-state index in [9.17, 15) is 0 Å². The molecule has 0 spiro atoms. The second kappa shape index (κ2) is 6.73. The third kappa shape index (κ3) is 4.70. The molecule has 0 saturated heterocycles. The fourth-order valence-electron chi connectivity index (χ4n) is 1.55. The zero-order chi connectivity index (χ0) is 11.2. The molecule has 0 fully saturated rings. The zero-order valence-electron chi connectivity index (χ0n) is 10.5. The van der Waals surface area contributed by atoms with E-state index < -0.39 is 0 Å². The normalized spacial score (nSPS) is 14.8. The summed E-state index contributed by atoms with van der Waals surface area (Å²) in [4.78, 5) is 2.48. The van der Waals surface area contributed by atoms with Gasteiger partial charge in [0.2, 0.25) is 0 Å². The fourth-order valence-corrected chi connectivity index (χ4v) is 1.85. The summed E-state index contributed by atoms with van der Waals surface area (Å²) >= 11 is 4.42. The third-order valence-corrected chi connectivity index (χ3v) is 3.90. The molecule has 1 nitrogen and oxygen atoms in total. The van der Waals surface area contributed by atoms with Crippen molar-refractivity contribution in [3.8, 4) is 0 Å². The van der Waals surface area contributed by atoms with Crippen molar-refractivity contribution >= 4 is 12.6 Å². The lowest BCUT2D eigenvalue weighted by Crippen LogP contribution is -2.43. The van der Waals surface area contributed by atoms with Gasteiger partial charge in [-0.1, -0.05) is 20.3 Å². The molecule has 0 heterocycles. The highest BCUT2D eigenvalue weighted by Gasteiger charge is 2.22. The number of rotatable bonds is 7. The van der Waals surface area contributed by atoms with E-state index in [2.05, 4.69) is 52.3 Å². The van der Waals surface area contributed by atoms with Crippen LogP contribution in [0.25, 0.3) is 0 Å². The lowest BCUT2D eigenvalue weighted by molar-refractivity contribution is 0.130. The summed E-state index contributed by atoms with van der Waals surface area (Å²) in [6, 6.07) is 0. The molecule has 0 aromatic carbocycles. The van der Waals surface area contributed by atoms with E-state index in [-0.39, 0.29) is 0 Å². The maximum atomic E-state index is 4.42. The van der Waals surface area contributed by atoms with E-state index in [1.165, 1.54) is 25.8 Å². The van der Waals surface area contributed by atoms with Crippen LogP contribution in [-0.4, -0.2) is 29.8 Å². The monoisotopic (exact) mass is 217 g/mol. The van der Waals surface area contributed by atoms with Gasteiger partial charge in [0, 0.05) is 12.1 Å². The highest BCUT2D eigenvalue weighted by molar-refractivity contribution is 7.80. The van der Waals surface area contributed by atoms with Crippen LogP contribution in [0.5, 0.6) is 0 Å². The van der Waals surface area contributed by atoms with Gasteiger partial charge in [0.1, 0.15) is 0 Å². The smallest absolute Gasteiger partial charge is 0.0147 e. The standard InChI is InChI=1S/C12H27NS/c1-6-8-11(10-14)9-13(5)12(3,4)7-2/h11,14H,6-10H2,1-5H3. The molecule has 0 N–H and O–H groups in total. The molecule has 0 aliphatic heterocycles. The van der Waals surface area contributed by atoms with Gasteiger partial charge in [-0.05, 0) is 45.4 Å². The van der Waals surface area contributed by atoms with Gasteiger partial charge >= 0.3 is 0 Å². The maximum Gasteiger partial charge on any atom is 0.0147 e. The number of hydrogen-bond acceptors (Lipinski definition) is 2. The summed E-state index contributed by atoms with van der Waals surface area (Å²) < 4.78 is 0. The average Bonchev–Trinajstić information content (AvgIpc) is 2.16. The minimum Gasteiger partial charge on any atom is -0.301 e. The van der Waals surface area contributed by atoms with E-state index in [0.717, 1.165) is 11.7 Å². The van der Waals surface area contributed by atoms with Crippen LogP contribution in [0.4, 0.5) is 0 Å². The molecule has 0 aliphatic rings. The van der Waals surface area contributed by atoms with Crippen molar-refractivity contribution in [1.29, 1.82) is 0 Å². The first-order chi connectivity index (χ1) is 6.47. The van der Waals surface area contributed by atoms with E-state index in [1.54, 1.807) is 0 Å². The molecule has 14 heavy (non-hydrogen) atoms. The highest BCUT2D eigenvalue weighted by Crippen LogP contribution is 2.19. The van der Waals surface area contributed by atoms with Crippen molar-refractivity contribution in [2.75, 3.05) is 19.3 Å². The Morgan fingerprint density at radius 2 is 1.86 bits per heavy atom. The Morgan fingerprint density at radius 1 is 1.29 bits per heavy atom. The summed E-state index contributed by atoms with van der Waals surface area (Å²) in [5.41, 5.74) is 0.328. The van der Waals surface area contributed by atoms with E-state index in [0.29, 0.717) is 5.54 Å². The lowest BCUT2D eigenvalue weighted by atomic mass is 9.97. The zero-order valence-corrected chi connectivity index (χ0v) is 11.4. The van der Waals surface area contributed by atoms with Crippen LogP contribution in [0.15, 0.2) is 0 Å². The first-order valence-electron chi connectivity index (χ1n) is 5.80. The van der Waals surface area contributed by atoms with E-state index >= 15 is 0 Å². The van der Waals surface area contributed by atoms with Crippen LogP contribution in [0.2, 0.25) is 0 Å². The molecule has 1 atom stereocenters. The summed E-state index contributed by atoms with van der Waals surface area (Å²) in [7, 11) is 2.23. The SMILES string of the molecule is CCCC(CS)CN(C)C(C)(C)CC. The minimum atomic E-state index is 0.328. The summed E-state index contributed by atoms with van der Waals surface area (Å²) in [6.45, 7) is 10.3. The van der Waals surface area contributed by atoms with Crippen molar-refractivity contribution in [1.82, 2.24) is 4.90 Å². The number of thiol groups is 1. The topological polar surface area (TPSA) is 3.24 Å². The van der Waals surface area contributed by atoms with Gasteiger partial charge in [-0.2, -0.15) is 12.6 Å². The van der Waals surface area contributed by atoms with Crippen LogP contribution in [0.1, 0.15) is 47.0 Å². The summed E-state index contributed by atoms with van der Waals surface area (Å²) in [6.07, 6.45) is 3.77. The van der Waals surface area contributed by atoms with Crippen LogP contribution in [0, 0.1) is 5.92 Å². The van der Waals surface area contributed by atoms with Crippen LogP contribution < -0.4 is 0 Å². The summed E-state index contributed by atoms with van der Waals surface area (Å²) in [5.74, 6) is 1.76. The molecule has 0 amide bonds. The van der Waals surface area contributed by atoms with Crippen molar-refractivity contribution in [2.45, 2.75) is 52.5 Å². The van der Waals surface area contributed by atoms with Gasteiger partial charge < -0.3 is 4.90 Å². The molecule has 0 bridgehead atoms. The van der Waals surface area contributed by atoms with Crippen molar-refractivity contribution < 1.29 is 0 Å². The largest absolute Gasteiger partial charge is 0.301 e. The molecular formula is C12H27NS. The molecule has 0 saturated carbocycles. The van der Waals surface area contributed by atoms with E-state index in [4.69, 9.17) is 0 Å². The molecule has 0 radical (unpaired) electrons. The summed E-state index contributed by atoms with van der Waals surface area (Å²) in [5, 5.41) is 0. The molecule has 2 heteroatoms. The number of nitrogens with zero attached hydrogens (tertiary/aromatic N) is 1. The molecule has 86 valence electrons. The molecule has 1 unspecified atom stereocenters. The van der Waals surface area contributed by atoms with Gasteiger partial charge in [-0.3, -0.25) is 0 Å². The van der Waals surface area contributed by atoms with E-state index in [1.807, 2.05) is 0 Å². The van der Waals surface area contributed by atoms with Gasteiger partial charge in [0.05, 0.1) is 0 Å². The Hall–Kier alpha value is 0.310. The lowest BCUT2D eigenvalue weighted by Gasteiger charge is -2.37. The Bertz CT molecular complexity index is 145. The minimum absolute atomic E-state index is 0.328. The first kappa shape index (κ1) is 14.3. The Balaban J connectivity index is 4.07. The van der Waals surface area contributed by atoms with Gasteiger partial charge in [-0.25, -0.2) is 0 Å². The second-order valence-electron chi connectivity index (χ2n) is 4.88. The molecule has 0 aromatic heterocycles. The fraction of sp³-hybridized carbons (Fsp3) is 1.00. The Morgan fingerprint density at radius 3 is 2.21 bits per heavy atom. The first-order valence-corrected chi connectivity index (χ1v) is 6.43. The predicted molar refractivity (Wildman–Crippen MR) is 69.3 cm³/mol. The van der Waals surface area contributed by atoms with Gasteiger partial charge in [-0.15, -0.1) is 0 Å². The van der Waals surface area contributed by atoms with Crippen LogP contribution in [0.3, 0.4) is 0 Å². The quantitative estimate of drug-likeness (QED) is 0.639. The third-order valence-electron chi connectivity index (χ3n) is 3.39. The Labute approximate surface area is 95.7 Å². The average molecular weight is 217 g/mol. The van der Waals surface area contributed by atoms with Crippen molar-refractivity contribution in [3.05, 3.63) is 0 Å². The predicted octanol–water partition coefficient (Wildman–Crippen LogP) is 3.45. The molecular weight excluding hydrogens is 190 g/mol. The maximum absolute atomic E-state index is 4.42. The molecule has 0 aromatic rings. The van der Waals surface area contributed by atoms with Crippen molar-refractivity contribution in [2.24, 2.45) is 5.92 Å². The number of hydrogen-bond donors (Lipinski definition) is 1. The molecule has 0 aliphatic carbocycles. The van der Waals surface area contributed by atoms with Gasteiger partial charge in [0.15, 0.2) is 0 Å². The van der Waals surface area contributed by atoms with Gasteiger partial charge in [0.25, 0.3) is 0 Å². The Kier molecular flexibility index (Phi) is 6.88. The van der Waals surface area contributed by atoms with Crippen LogP contribution in [-0.2, 0) is 0 Å². The van der Waals surface area contributed by atoms with Crippen molar-refractivity contribution in [3.63, 3.8) is 0 Å².